The summed E-state index contributed by atoms with van der Waals surface area (Å²) in [6.07, 6.45) is 0. The second-order valence-corrected chi connectivity index (χ2v) is 2.92. The van der Waals surface area contributed by atoms with Gasteiger partial charge >= 0.3 is 0 Å². The van der Waals surface area contributed by atoms with Gasteiger partial charge in [0.25, 0.3) is 0 Å². The van der Waals surface area contributed by atoms with E-state index in [4.69, 9.17) is 10.5 Å². The molecule has 1 aromatic rings. The molecule has 0 aliphatic rings. The summed E-state index contributed by atoms with van der Waals surface area (Å²) in [6, 6.07) is 4.07. The van der Waals surface area contributed by atoms with Crippen molar-refractivity contribution in [2.75, 3.05) is 24.3 Å². The highest BCUT2D eigenvalue weighted by Crippen LogP contribution is 2.16. The van der Waals surface area contributed by atoms with Gasteiger partial charge in [0, 0.05) is 12.3 Å². The first-order valence-corrected chi connectivity index (χ1v) is 4.56. The standard InChI is InChI=1S/C10H13FN2O2/c1-2-15-6-10(14)13-9-4-3-7(12)5-8(9)11/h3-5H,2,6,12H2,1H3,(H,13,14). The van der Waals surface area contributed by atoms with Gasteiger partial charge in [-0.2, -0.15) is 0 Å². The van der Waals surface area contributed by atoms with E-state index in [1.807, 2.05) is 0 Å². The quantitative estimate of drug-likeness (QED) is 0.741. The fourth-order valence-electron chi connectivity index (χ4n) is 1.01. The van der Waals surface area contributed by atoms with Crippen LogP contribution in [0.2, 0.25) is 0 Å². The number of anilines is 2. The van der Waals surface area contributed by atoms with Crippen molar-refractivity contribution in [3.63, 3.8) is 0 Å². The van der Waals surface area contributed by atoms with Crippen molar-refractivity contribution in [1.29, 1.82) is 0 Å². The molecule has 0 bridgehead atoms. The monoisotopic (exact) mass is 212 g/mol. The van der Waals surface area contributed by atoms with Crippen LogP contribution in [0.5, 0.6) is 0 Å². The molecule has 4 nitrogen and oxygen atoms in total. The molecule has 1 amide bonds. The number of nitrogens with one attached hydrogen (secondary N) is 1. The van der Waals surface area contributed by atoms with E-state index in [2.05, 4.69) is 5.32 Å². The first-order chi connectivity index (χ1) is 7.13. The van der Waals surface area contributed by atoms with Crippen LogP contribution in [0.4, 0.5) is 15.8 Å². The van der Waals surface area contributed by atoms with Gasteiger partial charge in [0.05, 0.1) is 5.69 Å². The van der Waals surface area contributed by atoms with Crippen molar-refractivity contribution in [3.05, 3.63) is 24.0 Å². The molecule has 0 radical (unpaired) electrons. The van der Waals surface area contributed by atoms with E-state index in [9.17, 15) is 9.18 Å². The van der Waals surface area contributed by atoms with Crippen molar-refractivity contribution < 1.29 is 13.9 Å². The average molecular weight is 212 g/mol. The fraction of sp³-hybridized carbons (Fsp3) is 0.300. The van der Waals surface area contributed by atoms with E-state index < -0.39 is 5.82 Å². The Labute approximate surface area is 87.2 Å². The van der Waals surface area contributed by atoms with Gasteiger partial charge in [-0.1, -0.05) is 0 Å². The third-order valence-corrected chi connectivity index (χ3v) is 1.70. The van der Waals surface area contributed by atoms with Gasteiger partial charge in [-0.3, -0.25) is 4.79 Å². The minimum Gasteiger partial charge on any atom is -0.399 e. The molecule has 0 saturated heterocycles. The number of carbonyl (C=O) groups excluding carboxylic acids is 1. The van der Waals surface area contributed by atoms with Crippen LogP contribution in [-0.2, 0) is 9.53 Å². The normalized spacial score (nSPS) is 10.0. The topological polar surface area (TPSA) is 64.3 Å². The Morgan fingerprint density at radius 1 is 1.60 bits per heavy atom. The summed E-state index contributed by atoms with van der Waals surface area (Å²) in [6.45, 7) is 2.13. The number of ether oxygens (including phenoxy) is 1. The van der Waals surface area contributed by atoms with Crippen LogP contribution in [0.1, 0.15) is 6.92 Å². The molecule has 0 unspecified atom stereocenters. The Bertz CT molecular complexity index is 355. The molecule has 0 saturated carbocycles. The molecule has 0 aliphatic carbocycles. The second kappa shape index (κ2) is 5.31. The lowest BCUT2D eigenvalue weighted by atomic mass is 10.2. The third-order valence-electron chi connectivity index (χ3n) is 1.70. The number of amides is 1. The molecule has 82 valence electrons. The van der Waals surface area contributed by atoms with Crippen LogP contribution in [-0.4, -0.2) is 19.1 Å². The van der Waals surface area contributed by atoms with Gasteiger partial charge in [-0.15, -0.1) is 0 Å². The zero-order valence-electron chi connectivity index (χ0n) is 8.42. The summed E-state index contributed by atoms with van der Waals surface area (Å²) in [5.41, 5.74) is 5.78. The van der Waals surface area contributed by atoms with E-state index in [1.165, 1.54) is 12.1 Å². The Hall–Kier alpha value is -1.62. The maximum Gasteiger partial charge on any atom is 0.250 e. The number of nitrogen functional groups attached to an aromatic ring is 1. The smallest absolute Gasteiger partial charge is 0.250 e. The maximum absolute atomic E-state index is 13.2. The fourth-order valence-corrected chi connectivity index (χ4v) is 1.01. The summed E-state index contributed by atoms with van der Waals surface area (Å²) in [7, 11) is 0. The van der Waals surface area contributed by atoms with Gasteiger partial charge in [0.15, 0.2) is 0 Å². The molecule has 1 aromatic carbocycles. The summed E-state index contributed by atoms with van der Waals surface area (Å²) in [4.78, 5) is 11.2. The Morgan fingerprint density at radius 3 is 2.93 bits per heavy atom. The van der Waals surface area contributed by atoms with Crippen molar-refractivity contribution >= 4 is 17.3 Å². The summed E-state index contributed by atoms with van der Waals surface area (Å²) in [5.74, 6) is -0.944. The number of benzene rings is 1. The van der Waals surface area contributed by atoms with Crippen LogP contribution in [0, 0.1) is 5.82 Å². The van der Waals surface area contributed by atoms with Crippen molar-refractivity contribution in [1.82, 2.24) is 0 Å². The molecule has 0 heterocycles. The molecule has 1 rings (SSSR count). The first-order valence-electron chi connectivity index (χ1n) is 4.56. The maximum atomic E-state index is 13.2. The van der Waals surface area contributed by atoms with Crippen LogP contribution in [0.25, 0.3) is 0 Å². The minimum atomic E-state index is -0.556. The number of halogens is 1. The average Bonchev–Trinajstić information content (AvgIpc) is 2.19. The van der Waals surface area contributed by atoms with Crippen LogP contribution < -0.4 is 11.1 Å². The van der Waals surface area contributed by atoms with Crippen LogP contribution in [0.3, 0.4) is 0 Å². The Morgan fingerprint density at radius 2 is 2.33 bits per heavy atom. The SMILES string of the molecule is CCOCC(=O)Nc1ccc(N)cc1F. The molecular formula is C10H13FN2O2. The van der Waals surface area contributed by atoms with Gasteiger partial charge in [0.1, 0.15) is 12.4 Å². The Kier molecular flexibility index (Phi) is 4.05. The van der Waals surface area contributed by atoms with Crippen LogP contribution >= 0.6 is 0 Å². The largest absolute Gasteiger partial charge is 0.399 e. The second-order valence-electron chi connectivity index (χ2n) is 2.92. The van der Waals surface area contributed by atoms with Crippen molar-refractivity contribution in [2.24, 2.45) is 0 Å². The minimum absolute atomic E-state index is 0.0830. The number of hydrogen-bond acceptors (Lipinski definition) is 3. The lowest BCUT2D eigenvalue weighted by molar-refractivity contribution is -0.120. The van der Waals surface area contributed by atoms with Crippen molar-refractivity contribution in [2.45, 2.75) is 6.92 Å². The third kappa shape index (κ3) is 3.55. The lowest BCUT2D eigenvalue weighted by Gasteiger charge is -2.06. The molecule has 0 aliphatic heterocycles. The van der Waals surface area contributed by atoms with Gasteiger partial charge in [0.2, 0.25) is 5.91 Å². The predicted octanol–water partition coefficient (Wildman–Crippen LogP) is 1.38. The molecular weight excluding hydrogens is 199 g/mol. The zero-order valence-corrected chi connectivity index (χ0v) is 8.42. The highest BCUT2D eigenvalue weighted by Gasteiger charge is 2.06. The van der Waals surface area contributed by atoms with E-state index in [-0.39, 0.29) is 18.2 Å². The molecule has 0 atom stereocenters. The van der Waals surface area contributed by atoms with E-state index in [0.717, 1.165) is 6.07 Å². The van der Waals surface area contributed by atoms with Gasteiger partial charge in [-0.25, -0.2) is 4.39 Å². The predicted molar refractivity (Wildman–Crippen MR) is 55.9 cm³/mol. The molecule has 0 fully saturated rings. The zero-order chi connectivity index (χ0) is 11.3. The summed E-state index contributed by atoms with van der Waals surface area (Å²) in [5, 5.41) is 2.38. The highest BCUT2D eigenvalue weighted by atomic mass is 19.1. The van der Waals surface area contributed by atoms with E-state index >= 15 is 0 Å². The summed E-state index contributed by atoms with van der Waals surface area (Å²) < 4.78 is 18.1. The van der Waals surface area contributed by atoms with Crippen LogP contribution in [0.15, 0.2) is 18.2 Å². The highest BCUT2D eigenvalue weighted by molar-refractivity contribution is 5.91. The number of nitrogens with two attached hydrogens (primary N) is 1. The number of hydrogen-bond donors (Lipinski definition) is 2. The molecule has 5 heteroatoms. The first kappa shape index (κ1) is 11.5. The number of rotatable bonds is 4. The molecule has 3 N–H and O–H groups in total. The van der Waals surface area contributed by atoms with E-state index in [0.29, 0.717) is 12.3 Å². The molecule has 15 heavy (non-hydrogen) atoms. The molecule has 0 spiro atoms. The summed E-state index contributed by atoms with van der Waals surface area (Å²) >= 11 is 0. The Balaban J connectivity index is 2.60. The molecule has 0 aromatic heterocycles. The lowest BCUT2D eigenvalue weighted by Crippen LogP contribution is -2.18. The van der Waals surface area contributed by atoms with Gasteiger partial charge in [-0.05, 0) is 25.1 Å². The van der Waals surface area contributed by atoms with Crippen molar-refractivity contribution in [3.8, 4) is 0 Å². The number of carbonyl (C=O) groups is 1. The van der Waals surface area contributed by atoms with Gasteiger partial charge < -0.3 is 15.8 Å². The van der Waals surface area contributed by atoms with E-state index in [1.54, 1.807) is 6.92 Å².